The molecule has 0 aromatic heterocycles. The van der Waals surface area contributed by atoms with Gasteiger partial charge in [0.1, 0.15) is 0 Å². The second-order valence-electron chi connectivity index (χ2n) is 3.48. The lowest BCUT2D eigenvalue weighted by Crippen LogP contribution is -2.11. The summed E-state index contributed by atoms with van der Waals surface area (Å²) in [7, 11) is 0. The molecular formula is C17H21NO2. The predicted octanol–water partition coefficient (Wildman–Crippen LogP) is 4.26. The third-order valence-electron chi connectivity index (χ3n) is 2.17. The fourth-order valence-corrected chi connectivity index (χ4v) is 1.40. The van der Waals surface area contributed by atoms with E-state index >= 15 is 0 Å². The first-order chi connectivity index (χ1) is 9.74. The van der Waals surface area contributed by atoms with Gasteiger partial charge in [0.15, 0.2) is 0 Å². The second-order valence-corrected chi connectivity index (χ2v) is 3.48. The van der Waals surface area contributed by atoms with Crippen LogP contribution in [0.4, 0.5) is 4.79 Å². The van der Waals surface area contributed by atoms with Gasteiger partial charge in [-0.1, -0.05) is 60.7 Å². The van der Waals surface area contributed by atoms with Crippen LogP contribution < -0.4 is 5.73 Å². The molecule has 0 heterocycles. The van der Waals surface area contributed by atoms with E-state index in [0.717, 1.165) is 0 Å². The van der Waals surface area contributed by atoms with Crippen molar-refractivity contribution in [2.24, 2.45) is 5.73 Å². The second kappa shape index (κ2) is 11.5. The van der Waals surface area contributed by atoms with Gasteiger partial charge < -0.3 is 10.5 Å². The topological polar surface area (TPSA) is 52.3 Å². The van der Waals surface area contributed by atoms with Crippen LogP contribution in [0.25, 0.3) is 11.1 Å². The summed E-state index contributed by atoms with van der Waals surface area (Å²) in [6.45, 7) is 8.06. The summed E-state index contributed by atoms with van der Waals surface area (Å²) < 4.78 is 4.18. The first-order valence-corrected chi connectivity index (χ1v) is 6.26. The molecule has 0 unspecified atom stereocenters. The molecule has 2 N–H and O–H groups in total. The van der Waals surface area contributed by atoms with E-state index in [-0.39, 0.29) is 0 Å². The lowest BCUT2D eigenvalue weighted by Gasteiger charge is -1.98. The number of hydrogen-bond acceptors (Lipinski definition) is 2. The van der Waals surface area contributed by atoms with Gasteiger partial charge in [0.05, 0.1) is 6.61 Å². The van der Waals surface area contributed by atoms with Crippen LogP contribution in [-0.4, -0.2) is 12.7 Å². The highest BCUT2D eigenvalue weighted by Crippen LogP contribution is 2.17. The molecule has 0 radical (unpaired) electrons. The standard InChI is InChI=1S/C12H10.C3H7NO2.C2H4/c1-3-7-11(8-4-1)12-9-5-2-6-10-12;1-2-6-3(4)5;1-2/h1-10H;2H2,1H3,(H2,4,5);1-2H2. The smallest absolute Gasteiger partial charge is 0.404 e. The van der Waals surface area contributed by atoms with Crippen LogP contribution >= 0.6 is 0 Å². The third kappa shape index (κ3) is 7.71. The Labute approximate surface area is 120 Å². The summed E-state index contributed by atoms with van der Waals surface area (Å²) in [4.78, 5) is 9.60. The van der Waals surface area contributed by atoms with Crippen molar-refractivity contribution >= 4 is 6.09 Å². The van der Waals surface area contributed by atoms with Gasteiger partial charge in [0.2, 0.25) is 0 Å². The summed E-state index contributed by atoms with van der Waals surface area (Å²) in [6, 6.07) is 20.8. The van der Waals surface area contributed by atoms with Gasteiger partial charge in [-0.25, -0.2) is 4.79 Å². The largest absolute Gasteiger partial charge is 0.450 e. The first kappa shape index (κ1) is 17.5. The van der Waals surface area contributed by atoms with Crippen molar-refractivity contribution in [2.75, 3.05) is 6.61 Å². The molecule has 0 aliphatic heterocycles. The van der Waals surface area contributed by atoms with E-state index in [0.29, 0.717) is 6.61 Å². The Bertz CT molecular complexity index is 431. The van der Waals surface area contributed by atoms with Gasteiger partial charge in [0, 0.05) is 0 Å². The molecule has 20 heavy (non-hydrogen) atoms. The van der Waals surface area contributed by atoms with Gasteiger partial charge >= 0.3 is 6.09 Å². The normalized spacial score (nSPS) is 8.25. The Morgan fingerprint density at radius 2 is 1.30 bits per heavy atom. The van der Waals surface area contributed by atoms with E-state index in [1.165, 1.54) is 11.1 Å². The van der Waals surface area contributed by atoms with Gasteiger partial charge in [-0.2, -0.15) is 0 Å². The van der Waals surface area contributed by atoms with Gasteiger partial charge in [-0.15, -0.1) is 13.2 Å². The maximum Gasteiger partial charge on any atom is 0.404 e. The maximum absolute atomic E-state index is 9.60. The number of amides is 1. The summed E-state index contributed by atoms with van der Waals surface area (Å²) in [6.07, 6.45) is -0.711. The third-order valence-corrected chi connectivity index (χ3v) is 2.17. The summed E-state index contributed by atoms with van der Waals surface area (Å²) in [5.74, 6) is 0. The van der Waals surface area contributed by atoms with Crippen LogP contribution in [0.1, 0.15) is 6.92 Å². The number of primary amides is 1. The molecule has 0 saturated heterocycles. The van der Waals surface area contributed by atoms with Crippen LogP contribution in [0.2, 0.25) is 0 Å². The molecule has 3 nitrogen and oxygen atoms in total. The highest BCUT2D eigenvalue weighted by molar-refractivity contribution is 5.64. The number of ether oxygens (including phenoxy) is 1. The minimum Gasteiger partial charge on any atom is -0.450 e. The fraction of sp³-hybridized carbons (Fsp3) is 0.118. The zero-order valence-electron chi connectivity index (χ0n) is 11.8. The monoisotopic (exact) mass is 271 g/mol. The minimum absolute atomic E-state index is 0.356. The quantitative estimate of drug-likeness (QED) is 0.830. The van der Waals surface area contributed by atoms with Crippen molar-refractivity contribution < 1.29 is 9.53 Å². The summed E-state index contributed by atoms with van der Waals surface area (Å²) >= 11 is 0. The number of carbonyl (C=O) groups excluding carboxylic acids is 1. The van der Waals surface area contributed by atoms with E-state index in [1.807, 2.05) is 12.1 Å². The van der Waals surface area contributed by atoms with Crippen molar-refractivity contribution in [1.82, 2.24) is 0 Å². The van der Waals surface area contributed by atoms with Crippen molar-refractivity contribution in [3.63, 3.8) is 0 Å². The Morgan fingerprint density at radius 1 is 0.950 bits per heavy atom. The van der Waals surface area contributed by atoms with E-state index in [1.54, 1.807) is 6.92 Å². The van der Waals surface area contributed by atoms with Crippen LogP contribution in [0.15, 0.2) is 73.8 Å². The molecule has 0 saturated carbocycles. The van der Waals surface area contributed by atoms with Crippen molar-refractivity contribution in [3.05, 3.63) is 73.8 Å². The van der Waals surface area contributed by atoms with E-state index in [4.69, 9.17) is 0 Å². The number of hydrogen-bond donors (Lipinski definition) is 1. The molecule has 0 fully saturated rings. The van der Waals surface area contributed by atoms with Crippen LogP contribution in [0.5, 0.6) is 0 Å². The van der Waals surface area contributed by atoms with E-state index in [2.05, 4.69) is 72.2 Å². The van der Waals surface area contributed by atoms with Crippen LogP contribution in [-0.2, 0) is 4.74 Å². The Morgan fingerprint density at radius 3 is 1.50 bits per heavy atom. The van der Waals surface area contributed by atoms with E-state index in [9.17, 15) is 4.79 Å². The highest BCUT2D eigenvalue weighted by atomic mass is 16.5. The Balaban J connectivity index is 0.000000387. The van der Waals surface area contributed by atoms with Gasteiger partial charge in [0.25, 0.3) is 0 Å². The number of carbonyl (C=O) groups is 1. The minimum atomic E-state index is -0.711. The molecule has 0 bridgehead atoms. The molecule has 2 rings (SSSR count). The molecule has 2 aromatic carbocycles. The first-order valence-electron chi connectivity index (χ1n) is 6.26. The van der Waals surface area contributed by atoms with Crippen LogP contribution in [0, 0.1) is 0 Å². The SMILES string of the molecule is C=C.CCOC(N)=O.c1ccc(-c2ccccc2)cc1. The molecule has 0 atom stereocenters. The average Bonchev–Trinajstić information content (AvgIpc) is 2.52. The molecule has 2 aromatic rings. The molecule has 106 valence electrons. The van der Waals surface area contributed by atoms with Crippen LogP contribution in [0.3, 0.4) is 0 Å². The molecule has 0 spiro atoms. The summed E-state index contributed by atoms with van der Waals surface area (Å²) in [5, 5.41) is 0. The summed E-state index contributed by atoms with van der Waals surface area (Å²) in [5.41, 5.74) is 7.09. The maximum atomic E-state index is 9.60. The Hall–Kier alpha value is -2.55. The Kier molecular flexibility index (Phi) is 10.1. The number of nitrogens with two attached hydrogens (primary N) is 1. The number of rotatable bonds is 2. The van der Waals surface area contributed by atoms with Crippen molar-refractivity contribution in [2.45, 2.75) is 6.92 Å². The van der Waals surface area contributed by atoms with Gasteiger partial charge in [-0.3, -0.25) is 0 Å². The van der Waals surface area contributed by atoms with Crippen molar-refractivity contribution in [3.8, 4) is 11.1 Å². The lowest BCUT2D eigenvalue weighted by molar-refractivity contribution is 0.163. The lowest BCUT2D eigenvalue weighted by atomic mass is 10.1. The number of benzene rings is 2. The predicted molar refractivity (Wildman–Crippen MR) is 84.3 cm³/mol. The molecule has 3 heteroatoms. The van der Waals surface area contributed by atoms with Gasteiger partial charge in [-0.05, 0) is 18.1 Å². The van der Waals surface area contributed by atoms with E-state index < -0.39 is 6.09 Å². The average molecular weight is 271 g/mol. The fourth-order valence-electron chi connectivity index (χ4n) is 1.40. The molecule has 0 aliphatic rings. The molecule has 0 aliphatic carbocycles. The highest BCUT2D eigenvalue weighted by Gasteiger charge is 1.91. The van der Waals surface area contributed by atoms with Crippen molar-refractivity contribution in [1.29, 1.82) is 0 Å². The zero-order chi connectivity index (χ0) is 15.2. The molecular weight excluding hydrogens is 250 g/mol. The molecule has 1 amide bonds. The zero-order valence-corrected chi connectivity index (χ0v) is 11.8.